The number of Topliss-reactive ketones (excluding diaryl/α,β-unsaturated/α-hetero) is 1. The number of carbonyl (C=O) groups is 2. The topological polar surface area (TPSA) is 63.6 Å². The maximum atomic E-state index is 13.5. The molecule has 0 aromatic heterocycles. The first-order chi connectivity index (χ1) is 18.2. The van der Waals surface area contributed by atoms with Crippen LogP contribution in [0, 0.1) is 11.8 Å². The van der Waals surface area contributed by atoms with E-state index in [9.17, 15) is 27.9 Å². The molecule has 4 nitrogen and oxygen atoms in total. The highest BCUT2D eigenvalue weighted by atomic mass is 19.4. The summed E-state index contributed by atoms with van der Waals surface area (Å²) < 4.78 is 44.2. The molecule has 1 unspecified atom stereocenters. The average molecular weight is 525 g/mol. The molecule has 0 fully saturated rings. The summed E-state index contributed by atoms with van der Waals surface area (Å²) >= 11 is 0. The average Bonchev–Trinajstić information content (AvgIpc) is 2.90. The van der Waals surface area contributed by atoms with Gasteiger partial charge in [0.2, 0.25) is 0 Å². The molecule has 38 heavy (non-hydrogen) atoms. The van der Waals surface area contributed by atoms with Gasteiger partial charge in [-0.15, -0.1) is 0 Å². The minimum Gasteiger partial charge on any atom is -0.493 e. The number of ether oxygens (including phenoxy) is 1. The van der Waals surface area contributed by atoms with E-state index in [4.69, 9.17) is 4.74 Å². The number of halogens is 3. The zero-order valence-corrected chi connectivity index (χ0v) is 21.2. The molecule has 3 aromatic carbocycles. The standard InChI is InChI=1S/C31H31F3O4/c1-2-9-25(20-29(35)36)28(14-6-7-19-38-27-13-8-12-26(21-27)31(32,33)34)30(37)24-17-15-23(16-18-24)22-10-4-3-5-11-22/h3-6,8,10-18,21,25,28H,2,7,9,19-20H2,1H3,(H,35,36)/b14-6+/t25-,28?/m1/s1. The zero-order valence-electron chi connectivity index (χ0n) is 21.2. The molecule has 1 N–H and O–H groups in total. The monoisotopic (exact) mass is 524 g/mol. The lowest BCUT2D eigenvalue weighted by molar-refractivity contribution is -0.139. The van der Waals surface area contributed by atoms with Gasteiger partial charge >= 0.3 is 12.1 Å². The molecule has 0 saturated heterocycles. The van der Waals surface area contributed by atoms with Gasteiger partial charge in [0.1, 0.15) is 5.75 Å². The molecule has 0 saturated carbocycles. The first kappa shape index (κ1) is 28.7. The second-order valence-corrected chi connectivity index (χ2v) is 9.07. The van der Waals surface area contributed by atoms with Crippen LogP contribution in [0.15, 0.2) is 91.0 Å². The highest BCUT2D eigenvalue weighted by Crippen LogP contribution is 2.31. The van der Waals surface area contributed by atoms with Crippen LogP contribution in [0.4, 0.5) is 13.2 Å². The fourth-order valence-electron chi connectivity index (χ4n) is 4.36. The molecule has 0 aliphatic heterocycles. The van der Waals surface area contributed by atoms with Crippen molar-refractivity contribution < 1.29 is 32.6 Å². The molecular weight excluding hydrogens is 493 g/mol. The van der Waals surface area contributed by atoms with Crippen LogP contribution in [0.25, 0.3) is 11.1 Å². The molecule has 7 heteroatoms. The van der Waals surface area contributed by atoms with Crippen LogP contribution in [-0.4, -0.2) is 23.5 Å². The van der Waals surface area contributed by atoms with Gasteiger partial charge in [-0.3, -0.25) is 9.59 Å². The molecule has 0 amide bonds. The highest BCUT2D eigenvalue weighted by molar-refractivity contribution is 5.99. The van der Waals surface area contributed by atoms with Gasteiger partial charge in [0.15, 0.2) is 5.78 Å². The summed E-state index contributed by atoms with van der Waals surface area (Å²) in [7, 11) is 0. The van der Waals surface area contributed by atoms with E-state index in [0.717, 1.165) is 29.7 Å². The van der Waals surface area contributed by atoms with Gasteiger partial charge in [-0.05, 0) is 48.1 Å². The zero-order chi connectivity index (χ0) is 27.5. The van der Waals surface area contributed by atoms with Crippen molar-refractivity contribution >= 4 is 11.8 Å². The van der Waals surface area contributed by atoms with E-state index in [2.05, 4.69) is 0 Å². The SMILES string of the molecule is CCC[C@H](CC(=O)O)C(/C=C/CCOc1cccc(C(F)(F)F)c1)C(=O)c1ccc(-c2ccccc2)cc1. The van der Waals surface area contributed by atoms with Gasteiger partial charge < -0.3 is 9.84 Å². The molecular formula is C31H31F3O4. The van der Waals surface area contributed by atoms with E-state index < -0.39 is 23.6 Å². The van der Waals surface area contributed by atoms with Crippen molar-refractivity contribution in [2.75, 3.05) is 6.61 Å². The Hall–Kier alpha value is -3.87. The number of carboxylic acids is 1. The summed E-state index contributed by atoms with van der Waals surface area (Å²) in [6.07, 6.45) is 0.489. The Morgan fingerprint density at radius 3 is 2.26 bits per heavy atom. The smallest absolute Gasteiger partial charge is 0.416 e. The van der Waals surface area contributed by atoms with E-state index in [1.165, 1.54) is 12.1 Å². The Balaban J connectivity index is 1.73. The molecule has 0 radical (unpaired) electrons. The number of allylic oxidation sites excluding steroid dienone is 1. The lowest BCUT2D eigenvalue weighted by Gasteiger charge is -2.22. The minimum atomic E-state index is -4.45. The van der Waals surface area contributed by atoms with E-state index >= 15 is 0 Å². The number of carboxylic acid groups (broad SMARTS) is 1. The normalized spacial score (nSPS) is 13.3. The molecule has 0 heterocycles. The Bertz CT molecular complexity index is 1220. The summed E-state index contributed by atoms with van der Waals surface area (Å²) in [4.78, 5) is 25.1. The number of hydrogen-bond acceptors (Lipinski definition) is 3. The molecule has 3 aromatic rings. The van der Waals surface area contributed by atoms with Crippen molar-refractivity contribution in [3.63, 3.8) is 0 Å². The molecule has 0 aliphatic carbocycles. The summed E-state index contributed by atoms with van der Waals surface area (Å²) in [5.74, 6) is -2.07. The number of benzene rings is 3. The second-order valence-electron chi connectivity index (χ2n) is 9.07. The van der Waals surface area contributed by atoms with E-state index in [0.29, 0.717) is 18.4 Å². The van der Waals surface area contributed by atoms with Crippen LogP contribution in [0.1, 0.15) is 48.5 Å². The lowest BCUT2D eigenvalue weighted by atomic mass is 9.80. The van der Waals surface area contributed by atoms with Crippen molar-refractivity contribution in [1.82, 2.24) is 0 Å². The first-order valence-electron chi connectivity index (χ1n) is 12.6. The number of carbonyl (C=O) groups excluding carboxylic acids is 1. The van der Waals surface area contributed by atoms with Crippen LogP contribution in [-0.2, 0) is 11.0 Å². The van der Waals surface area contributed by atoms with Gasteiger partial charge in [-0.1, -0.05) is 86.2 Å². The van der Waals surface area contributed by atoms with Crippen molar-refractivity contribution in [1.29, 1.82) is 0 Å². The third kappa shape index (κ3) is 8.33. The van der Waals surface area contributed by atoms with Crippen LogP contribution < -0.4 is 4.74 Å². The Morgan fingerprint density at radius 1 is 0.947 bits per heavy atom. The number of rotatable bonds is 13. The maximum Gasteiger partial charge on any atom is 0.416 e. The Labute approximate surface area is 220 Å². The minimum absolute atomic E-state index is 0.106. The van der Waals surface area contributed by atoms with Crippen molar-refractivity contribution in [3.8, 4) is 16.9 Å². The third-order valence-electron chi connectivity index (χ3n) is 6.24. The van der Waals surface area contributed by atoms with Crippen molar-refractivity contribution in [2.24, 2.45) is 11.8 Å². The molecule has 0 spiro atoms. The fourth-order valence-corrected chi connectivity index (χ4v) is 4.36. The summed E-state index contributed by atoms with van der Waals surface area (Å²) in [5.41, 5.74) is 1.70. The number of aliphatic carboxylic acids is 1. The van der Waals surface area contributed by atoms with Crippen LogP contribution >= 0.6 is 0 Å². The van der Waals surface area contributed by atoms with Crippen LogP contribution in [0.2, 0.25) is 0 Å². The van der Waals surface area contributed by atoms with Crippen molar-refractivity contribution in [3.05, 3.63) is 102 Å². The third-order valence-corrected chi connectivity index (χ3v) is 6.24. The Kier molecular flexibility index (Phi) is 10.3. The predicted molar refractivity (Wildman–Crippen MR) is 141 cm³/mol. The van der Waals surface area contributed by atoms with Crippen LogP contribution in [0.3, 0.4) is 0 Å². The van der Waals surface area contributed by atoms with Crippen molar-refractivity contribution in [2.45, 2.75) is 38.8 Å². The lowest BCUT2D eigenvalue weighted by Crippen LogP contribution is -2.25. The largest absolute Gasteiger partial charge is 0.493 e. The molecule has 2 atom stereocenters. The van der Waals surface area contributed by atoms with Gasteiger partial charge in [0, 0.05) is 17.9 Å². The molecule has 3 rings (SSSR count). The van der Waals surface area contributed by atoms with Gasteiger partial charge in [0.25, 0.3) is 0 Å². The molecule has 0 bridgehead atoms. The van der Waals surface area contributed by atoms with Gasteiger partial charge in [0.05, 0.1) is 12.2 Å². The number of ketones is 1. The van der Waals surface area contributed by atoms with E-state index in [1.807, 2.05) is 49.4 Å². The summed E-state index contributed by atoms with van der Waals surface area (Å²) in [6.45, 7) is 2.06. The van der Waals surface area contributed by atoms with Gasteiger partial charge in [-0.2, -0.15) is 13.2 Å². The second kappa shape index (κ2) is 13.6. The Morgan fingerprint density at radius 2 is 1.63 bits per heavy atom. The van der Waals surface area contributed by atoms with E-state index in [-0.39, 0.29) is 30.5 Å². The summed E-state index contributed by atoms with van der Waals surface area (Å²) in [5, 5.41) is 9.45. The quantitative estimate of drug-likeness (QED) is 0.139. The first-order valence-corrected chi connectivity index (χ1v) is 12.6. The molecule has 200 valence electrons. The number of alkyl halides is 3. The number of hydrogen-bond donors (Lipinski definition) is 1. The highest BCUT2D eigenvalue weighted by Gasteiger charge is 2.31. The molecule has 0 aliphatic rings. The fraction of sp³-hybridized carbons (Fsp3) is 0.290. The van der Waals surface area contributed by atoms with Crippen LogP contribution in [0.5, 0.6) is 5.75 Å². The maximum absolute atomic E-state index is 13.5. The van der Waals surface area contributed by atoms with Gasteiger partial charge in [-0.25, -0.2) is 0 Å². The predicted octanol–water partition coefficient (Wildman–Crippen LogP) is 8.09. The summed E-state index contributed by atoms with van der Waals surface area (Å²) in [6, 6.07) is 21.7. The van der Waals surface area contributed by atoms with E-state index in [1.54, 1.807) is 24.3 Å².